The van der Waals surface area contributed by atoms with Crippen LogP contribution in [0.5, 0.6) is 17.2 Å². The first-order valence-corrected chi connectivity index (χ1v) is 9.10. The Balaban J connectivity index is 1.70. The third kappa shape index (κ3) is 3.66. The lowest BCUT2D eigenvalue weighted by atomic mass is 10.1. The van der Waals surface area contributed by atoms with Gasteiger partial charge in [0, 0.05) is 6.54 Å². The highest BCUT2D eigenvalue weighted by atomic mass is 19.1. The average molecular weight is 399 g/mol. The third-order valence-corrected chi connectivity index (χ3v) is 5.04. The Labute approximate surface area is 164 Å². The summed E-state index contributed by atoms with van der Waals surface area (Å²) in [6.45, 7) is 0.712. The van der Waals surface area contributed by atoms with Crippen LogP contribution in [-0.4, -0.2) is 33.7 Å². The van der Waals surface area contributed by atoms with Crippen LogP contribution in [0.1, 0.15) is 18.4 Å². The van der Waals surface area contributed by atoms with Crippen LogP contribution in [0.3, 0.4) is 0 Å². The van der Waals surface area contributed by atoms with Crippen LogP contribution in [-0.2, 0) is 11.3 Å². The van der Waals surface area contributed by atoms with Gasteiger partial charge in [-0.3, -0.25) is 14.5 Å². The van der Waals surface area contributed by atoms with E-state index < -0.39 is 23.3 Å². The van der Waals surface area contributed by atoms with Crippen LogP contribution in [0.2, 0.25) is 0 Å². The lowest BCUT2D eigenvalue weighted by Gasteiger charge is -2.21. The summed E-state index contributed by atoms with van der Waals surface area (Å²) in [6, 6.07) is 7.36. The van der Waals surface area contributed by atoms with Crippen molar-refractivity contribution in [3.63, 3.8) is 0 Å². The first-order valence-electron chi connectivity index (χ1n) is 9.10. The first-order chi connectivity index (χ1) is 13.9. The molecule has 0 unspecified atom stereocenters. The molecule has 0 amide bonds. The second-order valence-corrected chi connectivity index (χ2v) is 6.89. The lowest BCUT2D eigenvalue weighted by Crippen LogP contribution is -2.35. The molecule has 1 saturated heterocycles. The van der Waals surface area contributed by atoms with Gasteiger partial charge in [-0.1, -0.05) is 0 Å². The number of hydrogen-bond acceptors (Lipinski definition) is 6. The van der Waals surface area contributed by atoms with Crippen LogP contribution >= 0.6 is 0 Å². The van der Waals surface area contributed by atoms with Crippen molar-refractivity contribution in [3.05, 3.63) is 64.3 Å². The van der Waals surface area contributed by atoms with E-state index in [4.69, 9.17) is 9.15 Å². The van der Waals surface area contributed by atoms with E-state index in [1.54, 1.807) is 4.90 Å². The highest BCUT2D eigenvalue weighted by molar-refractivity contribution is 5.83. The topological polar surface area (TPSA) is 100 Å². The largest absolute Gasteiger partial charge is 0.507 e. The smallest absolute Gasteiger partial charge is 0.320 e. The molecule has 2 heterocycles. The summed E-state index contributed by atoms with van der Waals surface area (Å²) in [4.78, 5) is 26.0. The number of hydrogen-bond donors (Lipinski definition) is 2. The zero-order chi connectivity index (χ0) is 20.5. The van der Waals surface area contributed by atoms with Gasteiger partial charge in [-0.25, -0.2) is 4.39 Å². The van der Waals surface area contributed by atoms with Gasteiger partial charge in [-0.05, 0) is 55.8 Å². The van der Waals surface area contributed by atoms with Crippen molar-refractivity contribution >= 4 is 16.9 Å². The maximum Gasteiger partial charge on any atom is 0.320 e. The van der Waals surface area contributed by atoms with Gasteiger partial charge in [0.25, 0.3) is 0 Å². The van der Waals surface area contributed by atoms with Crippen LogP contribution < -0.4 is 10.2 Å². The van der Waals surface area contributed by atoms with Crippen molar-refractivity contribution in [1.82, 2.24) is 4.90 Å². The van der Waals surface area contributed by atoms with Crippen molar-refractivity contribution in [1.29, 1.82) is 0 Å². The van der Waals surface area contributed by atoms with Crippen molar-refractivity contribution < 1.29 is 28.6 Å². The minimum absolute atomic E-state index is 0.0784. The Morgan fingerprint density at radius 1 is 1.24 bits per heavy atom. The number of likely N-dealkylation sites (tertiary alicyclic amines) is 1. The highest BCUT2D eigenvalue weighted by Gasteiger charge is 2.31. The predicted molar refractivity (Wildman–Crippen MR) is 102 cm³/mol. The molecule has 0 bridgehead atoms. The van der Waals surface area contributed by atoms with Gasteiger partial charge in [0.05, 0.1) is 10.9 Å². The molecule has 4 rings (SSSR count). The van der Waals surface area contributed by atoms with Crippen LogP contribution in [0.15, 0.2) is 51.9 Å². The van der Waals surface area contributed by atoms with Gasteiger partial charge in [0.15, 0.2) is 0 Å². The van der Waals surface area contributed by atoms with Crippen molar-refractivity contribution in [2.45, 2.75) is 25.4 Å². The molecule has 0 spiro atoms. The van der Waals surface area contributed by atoms with E-state index in [0.29, 0.717) is 18.5 Å². The van der Waals surface area contributed by atoms with Crippen molar-refractivity contribution in [3.8, 4) is 17.2 Å². The first kappa shape index (κ1) is 18.9. The molecule has 0 radical (unpaired) electrons. The molecule has 1 atom stereocenters. The fourth-order valence-electron chi connectivity index (χ4n) is 3.58. The molecule has 2 N–H and O–H groups in total. The van der Waals surface area contributed by atoms with E-state index in [0.717, 1.165) is 12.7 Å². The molecule has 7 nitrogen and oxygen atoms in total. The summed E-state index contributed by atoms with van der Waals surface area (Å²) < 4.78 is 24.1. The number of fused-ring (bicyclic) bond motifs is 1. The maximum absolute atomic E-state index is 13.0. The molecule has 0 saturated carbocycles. The number of benzene rings is 2. The standard InChI is InChI=1S/C21H18FNO6/c22-12-3-5-13(6-4-12)29-18-11-28-20-14(19(18)25)7-8-17(24)15(20)10-23-9-1-2-16(23)21(26)27/h3-8,11,16,24H,1-2,9-10H2,(H,26,27)/t16-/m1/s1. The highest BCUT2D eigenvalue weighted by Crippen LogP contribution is 2.31. The van der Waals surface area contributed by atoms with Gasteiger partial charge >= 0.3 is 5.97 Å². The molecular formula is C21H18FNO6. The quantitative estimate of drug-likeness (QED) is 0.677. The Morgan fingerprint density at radius 3 is 2.72 bits per heavy atom. The minimum Gasteiger partial charge on any atom is -0.507 e. The predicted octanol–water partition coefficient (Wildman–Crippen LogP) is 3.48. The van der Waals surface area contributed by atoms with Crippen molar-refractivity contribution in [2.24, 2.45) is 0 Å². The molecular weight excluding hydrogens is 381 g/mol. The summed E-state index contributed by atoms with van der Waals surface area (Å²) in [5.74, 6) is -1.23. The number of carboxylic acid groups (broad SMARTS) is 1. The van der Waals surface area contributed by atoms with E-state index in [2.05, 4.69) is 0 Å². The molecule has 1 aromatic heterocycles. The molecule has 29 heavy (non-hydrogen) atoms. The van der Waals surface area contributed by atoms with Crippen LogP contribution in [0.4, 0.5) is 4.39 Å². The molecule has 1 aliphatic rings. The summed E-state index contributed by atoms with van der Waals surface area (Å²) >= 11 is 0. The van der Waals surface area contributed by atoms with Crippen LogP contribution in [0.25, 0.3) is 11.0 Å². The number of phenols is 1. The number of carboxylic acids is 1. The Hall–Kier alpha value is -3.39. The number of ether oxygens (including phenoxy) is 1. The number of rotatable bonds is 5. The van der Waals surface area contributed by atoms with Gasteiger partial charge in [0.2, 0.25) is 11.2 Å². The number of aromatic hydroxyl groups is 1. The Kier molecular flexibility index (Phi) is 4.94. The molecule has 8 heteroatoms. The van der Waals surface area contributed by atoms with Gasteiger partial charge in [0.1, 0.15) is 35.2 Å². The summed E-state index contributed by atoms with van der Waals surface area (Å²) in [5, 5.41) is 19.9. The van der Waals surface area contributed by atoms with Gasteiger partial charge in [-0.2, -0.15) is 0 Å². The van der Waals surface area contributed by atoms with Gasteiger partial charge < -0.3 is 19.4 Å². The molecule has 1 aliphatic heterocycles. The Morgan fingerprint density at radius 2 is 2.00 bits per heavy atom. The maximum atomic E-state index is 13.0. The zero-order valence-electron chi connectivity index (χ0n) is 15.3. The average Bonchev–Trinajstić information content (AvgIpc) is 3.16. The van der Waals surface area contributed by atoms with E-state index in [-0.39, 0.29) is 34.8 Å². The fraction of sp³-hybridized carbons (Fsp3) is 0.238. The zero-order valence-corrected chi connectivity index (χ0v) is 15.3. The number of carbonyl (C=O) groups is 1. The normalized spacial score (nSPS) is 16.9. The molecule has 3 aromatic rings. The number of nitrogens with zero attached hydrogens (tertiary/aromatic N) is 1. The summed E-state index contributed by atoms with van der Waals surface area (Å²) in [7, 11) is 0. The van der Waals surface area contributed by atoms with Crippen molar-refractivity contribution in [2.75, 3.05) is 6.54 Å². The van der Waals surface area contributed by atoms with E-state index >= 15 is 0 Å². The van der Waals surface area contributed by atoms with E-state index in [9.17, 15) is 24.2 Å². The monoisotopic (exact) mass is 399 g/mol. The molecule has 1 fully saturated rings. The second-order valence-electron chi connectivity index (χ2n) is 6.89. The minimum atomic E-state index is -0.918. The van der Waals surface area contributed by atoms with E-state index in [1.807, 2.05) is 0 Å². The van der Waals surface area contributed by atoms with Crippen LogP contribution in [0, 0.1) is 5.82 Å². The number of halogens is 1. The van der Waals surface area contributed by atoms with E-state index in [1.165, 1.54) is 36.4 Å². The second kappa shape index (κ2) is 7.56. The number of phenolic OH excluding ortho intramolecular Hbond substituents is 1. The SMILES string of the molecule is O=C(O)[C@H]1CCCN1Cc1c(O)ccc2c(=O)c(Oc3ccc(F)cc3)coc12. The fourth-order valence-corrected chi connectivity index (χ4v) is 3.58. The molecule has 150 valence electrons. The summed E-state index contributed by atoms with van der Waals surface area (Å²) in [6.07, 6.45) is 2.40. The molecule has 0 aliphatic carbocycles. The molecule has 2 aromatic carbocycles. The lowest BCUT2D eigenvalue weighted by molar-refractivity contribution is -0.142. The Bertz CT molecular complexity index is 1120. The van der Waals surface area contributed by atoms with Gasteiger partial charge in [-0.15, -0.1) is 0 Å². The number of aliphatic carboxylic acids is 1. The summed E-state index contributed by atoms with van der Waals surface area (Å²) in [5.41, 5.74) is 0.0756. The third-order valence-electron chi connectivity index (χ3n) is 5.04.